The molecule has 0 saturated heterocycles. The fraction of sp³-hybridized carbons (Fsp3) is 0.627. The smallest absolute Gasteiger partial charge is 0.308 e. The Morgan fingerprint density at radius 3 is 1.64 bits per heavy atom. The van der Waals surface area contributed by atoms with E-state index in [1.54, 1.807) is 18.5 Å². The number of carbonyl (C=O) groups excluding carboxylic acids is 3. The average Bonchev–Trinajstić information content (AvgIpc) is 3.54. The highest BCUT2D eigenvalue weighted by Gasteiger charge is 2.23. The summed E-state index contributed by atoms with van der Waals surface area (Å²) >= 11 is 0. The number of fused-ring (bicyclic) bond motifs is 1. The second-order valence-electron chi connectivity index (χ2n) is 17.2. The van der Waals surface area contributed by atoms with Crippen LogP contribution in [0, 0.1) is 5.41 Å². The van der Waals surface area contributed by atoms with E-state index in [0.29, 0.717) is 167 Å². The molecule has 74 heavy (non-hydrogen) atoms. The molecular formula is C51H80N8O15. The van der Waals surface area contributed by atoms with Crippen molar-refractivity contribution in [1.82, 2.24) is 20.3 Å². The molecule has 1 aromatic carbocycles. The molecule has 1 aliphatic rings. The van der Waals surface area contributed by atoms with Crippen molar-refractivity contribution in [1.29, 1.82) is 5.41 Å². The highest BCUT2D eigenvalue weighted by Crippen LogP contribution is 2.32. The first-order valence-corrected chi connectivity index (χ1v) is 25.0. The Bertz CT molecular complexity index is 2000. The van der Waals surface area contributed by atoms with E-state index in [9.17, 15) is 14.4 Å². The number of nitrogens with one attached hydrogen (secondary N) is 2. The number of allylic oxidation sites excluding steroid dienone is 1. The van der Waals surface area contributed by atoms with Crippen LogP contribution < -0.4 is 16.8 Å². The number of rotatable bonds is 43. The summed E-state index contributed by atoms with van der Waals surface area (Å²) in [5, 5.41) is 11.2. The second kappa shape index (κ2) is 39.2. The van der Waals surface area contributed by atoms with Gasteiger partial charge in [0, 0.05) is 60.4 Å². The molecular weight excluding hydrogens is 965 g/mol. The van der Waals surface area contributed by atoms with Gasteiger partial charge in [-0.05, 0) is 51.0 Å². The van der Waals surface area contributed by atoms with Crippen molar-refractivity contribution in [3.8, 4) is 11.1 Å². The number of carbonyl (C=O) groups is 3. The molecule has 414 valence electrons. The van der Waals surface area contributed by atoms with Crippen LogP contribution in [0.4, 0.5) is 5.69 Å². The van der Waals surface area contributed by atoms with E-state index in [1.807, 2.05) is 45.9 Å². The predicted octanol–water partition coefficient (Wildman–Crippen LogP) is 3.49. The van der Waals surface area contributed by atoms with Gasteiger partial charge < -0.3 is 74.3 Å². The van der Waals surface area contributed by atoms with E-state index in [4.69, 9.17) is 73.8 Å². The van der Waals surface area contributed by atoms with Gasteiger partial charge in [0.05, 0.1) is 151 Å². The first-order valence-electron chi connectivity index (χ1n) is 25.0. The number of nitrogens with two attached hydrogens (primary N) is 2. The zero-order chi connectivity index (χ0) is 53.5. The lowest BCUT2D eigenvalue weighted by atomic mass is 10.0. The van der Waals surface area contributed by atoms with E-state index in [-0.39, 0.29) is 62.6 Å². The van der Waals surface area contributed by atoms with E-state index in [1.165, 1.54) is 11.1 Å². The molecule has 1 aliphatic heterocycles. The summed E-state index contributed by atoms with van der Waals surface area (Å²) in [7, 11) is 0. The third kappa shape index (κ3) is 30.2. The molecule has 2 amide bonds. The Kier molecular flexibility index (Phi) is 33.3. The van der Waals surface area contributed by atoms with Gasteiger partial charge in [-0.25, -0.2) is 20.0 Å². The number of hydroxylamine groups is 2. The van der Waals surface area contributed by atoms with Crippen LogP contribution in [0.1, 0.15) is 64.8 Å². The molecule has 23 nitrogen and oxygen atoms in total. The maximum Gasteiger partial charge on any atom is 0.308 e. The highest BCUT2D eigenvalue weighted by atomic mass is 16.7. The number of nitrogens with zero attached hydrogens (tertiary/aromatic N) is 4. The Balaban J connectivity index is 1.09. The first kappa shape index (κ1) is 63.0. The standard InChI is InChI=1S/C51H80N8O15/c1-5-12-59(73-39-44(53)8-11-52)50(62)42-33-41-7-6-40(34-45(41)58-46(54)35-42)43-36-55-47(56-37-43)38-57-48(60)9-13-63-15-17-65-19-21-67-23-25-69-27-29-71-31-32-72-30-28-70-26-24-68-22-20-66-18-16-64-14-10-49(61)74-51(2,3)4/h6-8,11,33-34,36-37,52H,5,9-10,12-32,35,38-39,53H2,1-4H3,(H2,54,58)(H,57,60). The lowest BCUT2D eigenvalue weighted by Crippen LogP contribution is -2.35. The van der Waals surface area contributed by atoms with Crippen LogP contribution >= 0.6 is 0 Å². The molecule has 0 atom stereocenters. The Hall–Kier alpha value is -5.31. The molecule has 0 aliphatic carbocycles. The van der Waals surface area contributed by atoms with Crippen LogP contribution in [0.2, 0.25) is 0 Å². The first-order chi connectivity index (χ1) is 35.9. The molecule has 0 unspecified atom stereocenters. The lowest BCUT2D eigenvalue weighted by Gasteiger charge is -2.22. The molecule has 0 spiro atoms. The number of amidine groups is 1. The molecule has 23 heteroatoms. The minimum atomic E-state index is -0.489. The largest absolute Gasteiger partial charge is 0.460 e. The summed E-state index contributed by atoms with van der Waals surface area (Å²) in [6.45, 7) is 16.3. The average molecular weight is 1050 g/mol. The molecule has 0 bridgehead atoms. The number of amides is 2. The Morgan fingerprint density at radius 1 is 0.703 bits per heavy atom. The number of aromatic nitrogens is 2. The molecule has 0 radical (unpaired) electrons. The minimum absolute atomic E-state index is 0.0344. The quantitative estimate of drug-likeness (QED) is 0.0320. The zero-order valence-electron chi connectivity index (χ0n) is 43.8. The van der Waals surface area contributed by atoms with Gasteiger partial charge in [-0.15, -0.1) is 0 Å². The van der Waals surface area contributed by atoms with Crippen LogP contribution in [0.15, 0.2) is 52.9 Å². The molecule has 2 heterocycles. The molecule has 3 rings (SSSR count). The van der Waals surface area contributed by atoms with Crippen LogP contribution in [0.25, 0.3) is 17.2 Å². The molecule has 2 aromatic rings. The fourth-order valence-corrected chi connectivity index (χ4v) is 6.26. The van der Waals surface area contributed by atoms with Gasteiger partial charge in [0.2, 0.25) is 5.91 Å². The number of benzene rings is 1. The maximum atomic E-state index is 13.5. The van der Waals surface area contributed by atoms with Gasteiger partial charge in [-0.3, -0.25) is 19.2 Å². The molecule has 6 N–H and O–H groups in total. The van der Waals surface area contributed by atoms with Crippen LogP contribution in [0.3, 0.4) is 0 Å². The summed E-state index contributed by atoms with van der Waals surface area (Å²) in [5.41, 5.74) is 15.2. The summed E-state index contributed by atoms with van der Waals surface area (Å²) in [6, 6.07) is 5.59. The lowest BCUT2D eigenvalue weighted by molar-refractivity contribution is -0.178. The third-order valence-electron chi connectivity index (χ3n) is 9.78. The Labute approximate surface area is 435 Å². The number of ether oxygens (including phenoxy) is 11. The summed E-state index contributed by atoms with van der Waals surface area (Å²) < 4.78 is 60.1. The number of hydrogen-bond donors (Lipinski definition) is 4. The third-order valence-corrected chi connectivity index (χ3v) is 9.78. The van der Waals surface area contributed by atoms with Gasteiger partial charge in [0.1, 0.15) is 23.9 Å². The fourth-order valence-electron chi connectivity index (χ4n) is 6.26. The van der Waals surface area contributed by atoms with Crippen molar-refractivity contribution in [3.63, 3.8) is 0 Å². The van der Waals surface area contributed by atoms with Crippen LogP contribution in [-0.2, 0) is 77.9 Å². The SMILES string of the molecule is CCCN(OCC(N)=CC=N)C(=O)C1=Cc2ccc(-c3cnc(CNC(=O)CCOCCOCCOCCOCCOCCOCCOCCOCCOCCOCCC(=O)OC(C)(C)C)nc3)cc2N=C(N)C1. The summed E-state index contributed by atoms with van der Waals surface area (Å²) in [6.07, 6.45) is 8.74. The van der Waals surface area contributed by atoms with E-state index in [0.717, 1.165) is 17.3 Å². The van der Waals surface area contributed by atoms with Crippen molar-refractivity contribution >= 4 is 41.6 Å². The topological polar surface area (TPSA) is 291 Å². The van der Waals surface area contributed by atoms with E-state index < -0.39 is 5.60 Å². The van der Waals surface area contributed by atoms with Crippen molar-refractivity contribution in [3.05, 3.63) is 59.3 Å². The minimum Gasteiger partial charge on any atom is -0.460 e. The van der Waals surface area contributed by atoms with Crippen molar-refractivity contribution in [2.45, 2.75) is 65.5 Å². The number of aliphatic imine (C=N–C) groups is 1. The van der Waals surface area contributed by atoms with Crippen molar-refractivity contribution < 1.29 is 71.3 Å². The number of hydrogen-bond acceptors (Lipinski definition) is 21. The van der Waals surface area contributed by atoms with E-state index in [2.05, 4.69) is 20.3 Å². The van der Waals surface area contributed by atoms with Crippen LogP contribution in [0.5, 0.6) is 0 Å². The molecule has 0 fully saturated rings. The van der Waals surface area contributed by atoms with Gasteiger partial charge in [0.15, 0.2) is 0 Å². The van der Waals surface area contributed by atoms with Crippen molar-refractivity contribution in [2.24, 2.45) is 16.5 Å². The predicted molar refractivity (Wildman–Crippen MR) is 275 cm³/mol. The van der Waals surface area contributed by atoms with Crippen LogP contribution in [-0.4, -0.2) is 196 Å². The summed E-state index contributed by atoms with van der Waals surface area (Å²) in [4.78, 5) is 56.6. The highest BCUT2D eigenvalue weighted by molar-refractivity contribution is 6.05. The number of esters is 1. The van der Waals surface area contributed by atoms with Gasteiger partial charge in [-0.2, -0.15) is 0 Å². The van der Waals surface area contributed by atoms with E-state index >= 15 is 0 Å². The summed E-state index contributed by atoms with van der Waals surface area (Å²) in [5.74, 6) is -0.0954. The van der Waals surface area contributed by atoms with Gasteiger partial charge in [0.25, 0.3) is 5.91 Å². The normalized spacial score (nSPS) is 12.7. The van der Waals surface area contributed by atoms with Crippen molar-refractivity contribution in [2.75, 3.05) is 145 Å². The molecule has 1 aromatic heterocycles. The second-order valence-corrected chi connectivity index (χ2v) is 17.2. The van der Waals surface area contributed by atoms with Gasteiger partial charge >= 0.3 is 5.97 Å². The Morgan fingerprint density at radius 2 is 1.18 bits per heavy atom. The zero-order valence-corrected chi connectivity index (χ0v) is 43.8. The monoisotopic (exact) mass is 1040 g/mol. The van der Waals surface area contributed by atoms with Gasteiger partial charge in [-0.1, -0.05) is 19.1 Å². The maximum absolute atomic E-state index is 13.5. The molecule has 0 saturated carbocycles.